The Labute approximate surface area is 162 Å². The van der Waals surface area contributed by atoms with Gasteiger partial charge >= 0.3 is 5.97 Å². The van der Waals surface area contributed by atoms with Crippen LogP contribution in [0.3, 0.4) is 0 Å². The van der Waals surface area contributed by atoms with E-state index in [4.69, 9.17) is 9.73 Å². The molecule has 27 heavy (non-hydrogen) atoms. The van der Waals surface area contributed by atoms with Crippen LogP contribution in [0, 0.1) is 0 Å². The van der Waals surface area contributed by atoms with Crippen LogP contribution in [0.25, 0.3) is 11.1 Å². The third-order valence-electron chi connectivity index (χ3n) is 5.28. The molecule has 1 aliphatic carbocycles. The van der Waals surface area contributed by atoms with Crippen molar-refractivity contribution < 1.29 is 9.53 Å². The first-order valence-corrected chi connectivity index (χ1v) is 9.67. The Kier molecular flexibility index (Phi) is 3.69. The monoisotopic (exact) mass is 371 g/mol. The molecule has 2 aliphatic rings. The van der Waals surface area contributed by atoms with Gasteiger partial charge in [-0.05, 0) is 22.3 Å². The molecule has 0 unspecified atom stereocenters. The summed E-state index contributed by atoms with van der Waals surface area (Å²) >= 11 is 1.66. The normalized spacial score (nSPS) is 18.7. The summed E-state index contributed by atoms with van der Waals surface area (Å²) in [6.07, 6.45) is 0. The summed E-state index contributed by atoms with van der Waals surface area (Å²) in [5, 5.41) is 0.873. The highest BCUT2D eigenvalue weighted by molar-refractivity contribution is 8.15. The number of methoxy groups -OCH3 is 1. The van der Waals surface area contributed by atoms with Crippen LogP contribution < -0.4 is 0 Å². The van der Waals surface area contributed by atoms with Crippen molar-refractivity contribution in [2.75, 3.05) is 7.11 Å². The fourth-order valence-electron chi connectivity index (χ4n) is 4.12. The van der Waals surface area contributed by atoms with Gasteiger partial charge in [-0.3, -0.25) is 4.99 Å². The lowest BCUT2D eigenvalue weighted by molar-refractivity contribution is -0.142. The summed E-state index contributed by atoms with van der Waals surface area (Å²) < 4.78 is 4.58. The van der Waals surface area contributed by atoms with E-state index >= 15 is 0 Å². The molecule has 1 heterocycles. The Morgan fingerprint density at radius 2 is 1.44 bits per heavy atom. The SMILES string of the molecule is COC(=O)[C@@H]1N=C(c2ccccc2)SC12c1ccccc1-c1ccccc12. The maximum atomic E-state index is 12.8. The quantitative estimate of drug-likeness (QED) is 0.616. The second-order valence-corrected chi connectivity index (χ2v) is 7.89. The van der Waals surface area contributed by atoms with Crippen molar-refractivity contribution in [1.82, 2.24) is 0 Å². The molecule has 132 valence electrons. The predicted molar refractivity (Wildman–Crippen MR) is 109 cm³/mol. The number of hydrogen-bond acceptors (Lipinski definition) is 4. The van der Waals surface area contributed by atoms with Crippen LogP contribution >= 0.6 is 11.8 Å². The Bertz CT molecular complexity index is 1030. The first kappa shape index (κ1) is 16.3. The molecule has 3 nitrogen and oxygen atoms in total. The smallest absolute Gasteiger partial charge is 0.332 e. The Morgan fingerprint density at radius 3 is 2.04 bits per heavy atom. The molecule has 0 aromatic heterocycles. The summed E-state index contributed by atoms with van der Waals surface area (Å²) in [6.45, 7) is 0. The Balaban J connectivity index is 1.77. The fourth-order valence-corrected chi connectivity index (χ4v) is 5.67. The minimum absolute atomic E-state index is 0.306. The molecule has 1 spiro atoms. The molecule has 1 aliphatic heterocycles. The first-order valence-electron chi connectivity index (χ1n) is 8.85. The minimum atomic E-state index is -0.618. The number of benzene rings is 3. The molecule has 0 fully saturated rings. The number of rotatable bonds is 2. The van der Waals surface area contributed by atoms with E-state index in [1.165, 1.54) is 18.2 Å². The standard InChI is InChI=1S/C23H17NO2S/c1-26-22(25)20-23(27-21(24-20)15-9-3-2-4-10-15)18-13-7-5-11-16(18)17-12-6-8-14-19(17)23/h2-14,20H,1H3/t20-/m0/s1. The van der Waals surface area contributed by atoms with Gasteiger partial charge < -0.3 is 4.74 Å². The van der Waals surface area contributed by atoms with E-state index < -0.39 is 10.8 Å². The minimum Gasteiger partial charge on any atom is -0.467 e. The Hall–Kier alpha value is -2.85. The molecule has 3 aromatic rings. The summed E-state index contributed by atoms with van der Waals surface area (Å²) in [7, 11) is 1.43. The van der Waals surface area contributed by atoms with Gasteiger partial charge in [0.2, 0.25) is 0 Å². The van der Waals surface area contributed by atoms with Gasteiger partial charge in [-0.15, -0.1) is 0 Å². The van der Waals surface area contributed by atoms with Crippen molar-refractivity contribution in [3.8, 4) is 11.1 Å². The van der Waals surface area contributed by atoms with E-state index in [2.05, 4.69) is 24.3 Å². The van der Waals surface area contributed by atoms with Crippen LogP contribution in [0.2, 0.25) is 0 Å². The average Bonchev–Trinajstić information content (AvgIpc) is 3.27. The highest BCUT2D eigenvalue weighted by atomic mass is 32.2. The maximum absolute atomic E-state index is 12.8. The van der Waals surface area contributed by atoms with Crippen molar-refractivity contribution >= 4 is 22.8 Å². The van der Waals surface area contributed by atoms with Crippen molar-refractivity contribution in [2.45, 2.75) is 10.8 Å². The van der Waals surface area contributed by atoms with Gasteiger partial charge in [-0.2, -0.15) is 0 Å². The molecule has 0 amide bonds. The van der Waals surface area contributed by atoms with Gasteiger partial charge in [-0.25, -0.2) is 4.79 Å². The first-order chi connectivity index (χ1) is 13.3. The van der Waals surface area contributed by atoms with Crippen LogP contribution in [0.4, 0.5) is 0 Å². The number of esters is 1. The van der Waals surface area contributed by atoms with E-state index in [-0.39, 0.29) is 5.97 Å². The molecule has 3 aromatic carbocycles. The topological polar surface area (TPSA) is 38.7 Å². The zero-order chi connectivity index (χ0) is 18.4. The van der Waals surface area contributed by atoms with Crippen LogP contribution in [0.1, 0.15) is 16.7 Å². The number of thioether (sulfide) groups is 1. The number of carbonyl (C=O) groups excluding carboxylic acids is 1. The number of aliphatic imine (C=N–C) groups is 1. The predicted octanol–water partition coefficient (Wildman–Crippen LogP) is 4.65. The van der Waals surface area contributed by atoms with Gasteiger partial charge in [0.05, 0.1) is 7.11 Å². The van der Waals surface area contributed by atoms with Crippen molar-refractivity contribution in [1.29, 1.82) is 0 Å². The largest absolute Gasteiger partial charge is 0.467 e. The van der Waals surface area contributed by atoms with Crippen molar-refractivity contribution in [3.63, 3.8) is 0 Å². The number of carbonyl (C=O) groups is 1. The molecule has 0 bridgehead atoms. The van der Waals surface area contributed by atoms with Gasteiger partial charge in [0.15, 0.2) is 6.04 Å². The number of nitrogens with zero attached hydrogens (tertiary/aromatic N) is 1. The molecule has 1 atom stereocenters. The van der Waals surface area contributed by atoms with Crippen LogP contribution in [0.15, 0.2) is 83.9 Å². The lowest BCUT2D eigenvalue weighted by Crippen LogP contribution is -2.38. The maximum Gasteiger partial charge on any atom is 0.332 e. The number of hydrogen-bond donors (Lipinski definition) is 0. The van der Waals surface area contributed by atoms with Gasteiger partial charge in [-0.1, -0.05) is 90.6 Å². The Morgan fingerprint density at radius 1 is 0.889 bits per heavy atom. The molecule has 0 saturated carbocycles. The highest BCUT2D eigenvalue weighted by Gasteiger charge is 2.57. The van der Waals surface area contributed by atoms with Gasteiger partial charge in [0.1, 0.15) is 9.79 Å². The number of fused-ring (bicyclic) bond motifs is 5. The molecule has 4 heteroatoms. The molecular formula is C23H17NO2S. The van der Waals surface area contributed by atoms with E-state index in [1.54, 1.807) is 11.8 Å². The summed E-state index contributed by atoms with van der Waals surface area (Å²) in [5.74, 6) is -0.306. The third-order valence-corrected chi connectivity index (χ3v) is 6.80. The third kappa shape index (κ3) is 2.23. The van der Waals surface area contributed by atoms with E-state index in [1.807, 2.05) is 54.6 Å². The zero-order valence-corrected chi connectivity index (χ0v) is 15.6. The van der Waals surface area contributed by atoms with Gasteiger partial charge in [0, 0.05) is 5.56 Å². The summed E-state index contributed by atoms with van der Waals surface area (Å²) in [5.41, 5.74) is 5.61. The number of ether oxygens (including phenoxy) is 1. The zero-order valence-electron chi connectivity index (χ0n) is 14.8. The molecular weight excluding hydrogens is 354 g/mol. The highest BCUT2D eigenvalue weighted by Crippen LogP contribution is 2.60. The second-order valence-electron chi connectivity index (χ2n) is 6.65. The summed E-state index contributed by atoms with van der Waals surface area (Å²) in [4.78, 5) is 17.7. The van der Waals surface area contributed by atoms with E-state index in [0.717, 1.165) is 21.7 Å². The molecule has 0 saturated heterocycles. The van der Waals surface area contributed by atoms with Crippen LogP contribution in [-0.4, -0.2) is 24.2 Å². The molecule has 5 rings (SSSR count). The van der Waals surface area contributed by atoms with Gasteiger partial charge in [0.25, 0.3) is 0 Å². The van der Waals surface area contributed by atoms with E-state index in [9.17, 15) is 4.79 Å². The fraction of sp³-hybridized carbons (Fsp3) is 0.130. The van der Waals surface area contributed by atoms with Crippen molar-refractivity contribution in [3.05, 3.63) is 95.6 Å². The lowest BCUT2D eigenvalue weighted by atomic mass is 9.88. The molecule has 0 N–H and O–H groups in total. The average molecular weight is 371 g/mol. The van der Waals surface area contributed by atoms with E-state index in [0.29, 0.717) is 0 Å². The second kappa shape index (κ2) is 6.10. The van der Waals surface area contributed by atoms with Crippen LogP contribution in [0.5, 0.6) is 0 Å². The van der Waals surface area contributed by atoms with Crippen LogP contribution in [-0.2, 0) is 14.3 Å². The summed E-state index contributed by atoms with van der Waals surface area (Å²) in [6, 6.07) is 26.0. The lowest BCUT2D eigenvalue weighted by Gasteiger charge is -2.30. The van der Waals surface area contributed by atoms with Crippen molar-refractivity contribution in [2.24, 2.45) is 4.99 Å². The molecule has 0 radical (unpaired) electrons.